The highest BCUT2D eigenvalue weighted by Crippen LogP contribution is 2.24. The zero-order valence-electron chi connectivity index (χ0n) is 16.6. The summed E-state index contributed by atoms with van der Waals surface area (Å²) >= 11 is 0. The molecule has 1 aromatic heterocycles. The maximum absolute atomic E-state index is 11.6. The number of nitrogens with two attached hydrogens (primary N) is 1. The maximum atomic E-state index is 11.6. The smallest absolute Gasteiger partial charge is 0.222 e. The highest BCUT2D eigenvalue weighted by atomic mass is 127. The molecule has 4 N–H and O–H groups in total. The predicted octanol–water partition coefficient (Wildman–Crippen LogP) is 2.11. The van der Waals surface area contributed by atoms with Gasteiger partial charge in [-0.25, -0.2) is 9.98 Å². The summed E-state index contributed by atoms with van der Waals surface area (Å²) in [6, 6.07) is 3.98. The molecule has 1 aliphatic heterocycles. The molecule has 0 aliphatic carbocycles. The molecule has 1 atom stereocenters. The summed E-state index contributed by atoms with van der Waals surface area (Å²) in [5, 5.41) is 6.63. The molecule has 1 aromatic rings. The van der Waals surface area contributed by atoms with Crippen LogP contribution >= 0.6 is 24.0 Å². The fourth-order valence-electron chi connectivity index (χ4n) is 3.05. The topological polar surface area (TPSA) is 95.6 Å². The van der Waals surface area contributed by atoms with Crippen LogP contribution in [0.2, 0.25) is 0 Å². The number of halogens is 1. The lowest BCUT2D eigenvalue weighted by atomic mass is 9.97. The van der Waals surface area contributed by atoms with Crippen molar-refractivity contribution in [1.29, 1.82) is 0 Å². The van der Waals surface area contributed by atoms with Crippen molar-refractivity contribution >= 4 is 41.7 Å². The Labute approximate surface area is 179 Å². The Balaban J connectivity index is 0.00000364. The van der Waals surface area contributed by atoms with Gasteiger partial charge in [-0.05, 0) is 31.7 Å². The van der Waals surface area contributed by atoms with Gasteiger partial charge in [0, 0.05) is 37.9 Å². The van der Waals surface area contributed by atoms with Gasteiger partial charge in [-0.15, -0.1) is 24.0 Å². The number of nitrogens with one attached hydrogen (secondary N) is 2. The first-order valence-electron chi connectivity index (χ1n) is 9.51. The summed E-state index contributed by atoms with van der Waals surface area (Å²) in [5.41, 5.74) is 6.57. The Morgan fingerprint density at radius 2 is 2.22 bits per heavy atom. The molecule has 27 heavy (non-hydrogen) atoms. The standard InChI is InChI=1S/C19H32N6O.HI/c1-4-21-19(23-11-14(2)3)24-12-15-7-5-9-22-18(15)25-10-6-8-16(13-25)17(20)26;/h5,7,9,14,16H,4,6,8,10-13H2,1-3H3,(H2,20,26)(H2,21,23,24);1H. The quantitative estimate of drug-likeness (QED) is 0.311. The van der Waals surface area contributed by atoms with E-state index in [1.165, 1.54) is 0 Å². The van der Waals surface area contributed by atoms with Crippen LogP contribution in [0.5, 0.6) is 0 Å². The van der Waals surface area contributed by atoms with E-state index in [0.717, 1.165) is 49.8 Å². The van der Waals surface area contributed by atoms with Crippen molar-refractivity contribution in [1.82, 2.24) is 15.6 Å². The van der Waals surface area contributed by atoms with Gasteiger partial charge in [0.1, 0.15) is 5.82 Å². The zero-order valence-corrected chi connectivity index (χ0v) is 18.9. The Morgan fingerprint density at radius 1 is 1.44 bits per heavy atom. The summed E-state index contributed by atoms with van der Waals surface area (Å²) in [7, 11) is 0. The first-order valence-corrected chi connectivity index (χ1v) is 9.51. The van der Waals surface area contributed by atoms with Gasteiger partial charge in [0.05, 0.1) is 12.5 Å². The molecule has 1 unspecified atom stereocenters. The molecule has 2 heterocycles. The van der Waals surface area contributed by atoms with E-state index >= 15 is 0 Å². The van der Waals surface area contributed by atoms with Crippen LogP contribution in [0.25, 0.3) is 0 Å². The monoisotopic (exact) mass is 488 g/mol. The minimum absolute atomic E-state index is 0. The number of anilines is 1. The van der Waals surface area contributed by atoms with Crippen molar-refractivity contribution < 1.29 is 4.79 Å². The minimum atomic E-state index is -0.225. The van der Waals surface area contributed by atoms with Crippen LogP contribution in [0.1, 0.15) is 39.2 Å². The van der Waals surface area contributed by atoms with E-state index in [0.29, 0.717) is 19.0 Å². The van der Waals surface area contributed by atoms with Gasteiger partial charge >= 0.3 is 0 Å². The van der Waals surface area contributed by atoms with E-state index in [4.69, 9.17) is 10.7 Å². The summed E-state index contributed by atoms with van der Waals surface area (Å²) in [6.45, 7) is 10.1. The molecule has 0 bridgehead atoms. The Kier molecular flexibility index (Phi) is 10.4. The average Bonchev–Trinajstić information content (AvgIpc) is 2.64. The summed E-state index contributed by atoms with van der Waals surface area (Å²) < 4.78 is 0. The molecule has 2 rings (SSSR count). The number of piperidine rings is 1. The molecule has 8 heteroatoms. The highest BCUT2D eigenvalue weighted by Gasteiger charge is 2.25. The number of carbonyl (C=O) groups excluding carboxylic acids is 1. The lowest BCUT2D eigenvalue weighted by Crippen LogP contribution is -2.42. The molecule has 0 spiro atoms. The second-order valence-electron chi connectivity index (χ2n) is 7.14. The molecule has 7 nitrogen and oxygen atoms in total. The number of aliphatic imine (C=N–C) groups is 1. The third kappa shape index (κ3) is 7.51. The van der Waals surface area contributed by atoms with Gasteiger partial charge in [0.2, 0.25) is 5.91 Å². The van der Waals surface area contributed by atoms with Gasteiger partial charge in [-0.2, -0.15) is 0 Å². The van der Waals surface area contributed by atoms with Crippen molar-refractivity contribution in [3.63, 3.8) is 0 Å². The third-order valence-electron chi connectivity index (χ3n) is 4.42. The number of rotatable bonds is 7. The van der Waals surface area contributed by atoms with Gasteiger partial charge in [0.25, 0.3) is 0 Å². The second-order valence-corrected chi connectivity index (χ2v) is 7.14. The van der Waals surface area contributed by atoms with Crippen molar-refractivity contribution in [2.75, 3.05) is 31.1 Å². The molecule has 1 amide bonds. The van der Waals surface area contributed by atoms with E-state index in [2.05, 4.69) is 41.3 Å². The zero-order chi connectivity index (χ0) is 18.9. The van der Waals surface area contributed by atoms with E-state index in [1.807, 2.05) is 12.1 Å². The van der Waals surface area contributed by atoms with Gasteiger partial charge in [-0.1, -0.05) is 19.9 Å². The Morgan fingerprint density at radius 3 is 2.89 bits per heavy atom. The number of guanidine groups is 1. The van der Waals surface area contributed by atoms with Crippen molar-refractivity contribution in [3.05, 3.63) is 23.9 Å². The van der Waals surface area contributed by atoms with E-state index in [9.17, 15) is 4.79 Å². The predicted molar refractivity (Wildman–Crippen MR) is 121 cm³/mol. The maximum Gasteiger partial charge on any atom is 0.222 e. The van der Waals surface area contributed by atoms with Gasteiger partial charge < -0.3 is 21.3 Å². The van der Waals surface area contributed by atoms with Crippen LogP contribution < -0.4 is 21.3 Å². The van der Waals surface area contributed by atoms with Crippen LogP contribution in [0, 0.1) is 11.8 Å². The molecule has 0 aromatic carbocycles. The number of primary amides is 1. The molecule has 152 valence electrons. The van der Waals surface area contributed by atoms with Crippen LogP contribution in [0.4, 0.5) is 5.82 Å². The fourth-order valence-corrected chi connectivity index (χ4v) is 3.05. The Hall–Kier alpha value is -1.58. The lowest BCUT2D eigenvalue weighted by molar-refractivity contribution is -0.122. The van der Waals surface area contributed by atoms with E-state index in [-0.39, 0.29) is 35.8 Å². The van der Waals surface area contributed by atoms with Crippen LogP contribution in [-0.4, -0.2) is 43.0 Å². The molecule has 1 aliphatic rings. The Bertz CT molecular complexity index is 622. The van der Waals surface area contributed by atoms with E-state index in [1.54, 1.807) is 6.20 Å². The van der Waals surface area contributed by atoms with Gasteiger partial charge in [0.15, 0.2) is 5.96 Å². The summed E-state index contributed by atoms with van der Waals surface area (Å²) in [5.74, 6) is 1.93. The van der Waals surface area contributed by atoms with Crippen LogP contribution in [0.15, 0.2) is 23.3 Å². The highest BCUT2D eigenvalue weighted by molar-refractivity contribution is 14.0. The minimum Gasteiger partial charge on any atom is -0.369 e. The molecule has 1 fully saturated rings. The van der Waals surface area contributed by atoms with Crippen molar-refractivity contribution in [2.24, 2.45) is 22.6 Å². The fraction of sp³-hybridized carbons (Fsp3) is 0.632. The number of hydrogen-bond acceptors (Lipinski definition) is 4. The second kappa shape index (κ2) is 12.0. The molecular formula is C19H33IN6O. The first-order chi connectivity index (χ1) is 12.5. The van der Waals surface area contributed by atoms with Gasteiger partial charge in [-0.3, -0.25) is 4.79 Å². The number of amides is 1. The lowest BCUT2D eigenvalue weighted by Gasteiger charge is -2.33. The summed E-state index contributed by atoms with van der Waals surface area (Å²) in [6.07, 6.45) is 3.60. The molecule has 0 saturated carbocycles. The van der Waals surface area contributed by atoms with Crippen molar-refractivity contribution in [3.8, 4) is 0 Å². The first kappa shape index (κ1) is 23.5. The number of carbonyl (C=O) groups is 1. The molecule has 0 radical (unpaired) electrons. The number of pyridine rings is 1. The summed E-state index contributed by atoms with van der Waals surface area (Å²) in [4.78, 5) is 23.0. The molecule has 1 saturated heterocycles. The van der Waals surface area contributed by atoms with Crippen LogP contribution in [-0.2, 0) is 11.3 Å². The average molecular weight is 488 g/mol. The van der Waals surface area contributed by atoms with Crippen molar-refractivity contribution in [2.45, 2.75) is 40.2 Å². The molecular weight excluding hydrogens is 455 g/mol. The SMILES string of the molecule is CCNC(=NCc1cccnc1N1CCCC(C(N)=O)C1)NCC(C)C.I. The number of nitrogens with zero attached hydrogens (tertiary/aromatic N) is 3. The van der Waals surface area contributed by atoms with Crippen LogP contribution in [0.3, 0.4) is 0 Å². The number of hydrogen-bond donors (Lipinski definition) is 3. The van der Waals surface area contributed by atoms with E-state index < -0.39 is 0 Å². The number of aromatic nitrogens is 1. The third-order valence-corrected chi connectivity index (χ3v) is 4.42. The largest absolute Gasteiger partial charge is 0.369 e. The normalized spacial score (nSPS) is 17.4.